The molecule has 1 saturated heterocycles. The number of carbonyl (C=O) groups is 1. The van der Waals surface area contributed by atoms with Crippen molar-refractivity contribution >= 4 is 11.7 Å². The first-order chi connectivity index (χ1) is 11.6. The second-order valence-corrected chi connectivity index (χ2v) is 6.89. The number of aromatic nitrogens is 2. The second kappa shape index (κ2) is 5.94. The van der Waals surface area contributed by atoms with Crippen LogP contribution < -0.4 is 11.1 Å². The Morgan fingerprint density at radius 1 is 1.25 bits per heavy atom. The van der Waals surface area contributed by atoms with E-state index in [0.717, 1.165) is 43.0 Å². The van der Waals surface area contributed by atoms with Crippen LogP contribution in [0, 0.1) is 18.8 Å². The van der Waals surface area contributed by atoms with Gasteiger partial charge in [-0.2, -0.15) is 5.10 Å². The minimum atomic E-state index is -0.0488. The van der Waals surface area contributed by atoms with Gasteiger partial charge in [0.2, 0.25) is 0 Å². The molecule has 6 heteroatoms. The third-order valence-corrected chi connectivity index (χ3v) is 5.45. The van der Waals surface area contributed by atoms with Gasteiger partial charge in [0.05, 0.1) is 23.3 Å². The molecule has 3 N–H and O–H groups in total. The van der Waals surface area contributed by atoms with Crippen molar-refractivity contribution in [3.8, 4) is 5.69 Å². The Kier molecular flexibility index (Phi) is 3.76. The van der Waals surface area contributed by atoms with E-state index in [1.54, 1.807) is 6.20 Å². The Labute approximate surface area is 141 Å². The molecule has 1 saturated carbocycles. The summed E-state index contributed by atoms with van der Waals surface area (Å²) in [7, 11) is 0. The summed E-state index contributed by atoms with van der Waals surface area (Å²) in [5, 5.41) is 7.41. The predicted molar refractivity (Wildman–Crippen MR) is 93.1 cm³/mol. The molecule has 2 aliphatic rings. The number of rotatable bonds is 2. The number of anilines is 1. The first-order valence-corrected chi connectivity index (χ1v) is 8.55. The molecule has 1 aromatic heterocycles. The van der Waals surface area contributed by atoms with Gasteiger partial charge in [-0.05, 0) is 43.7 Å². The maximum Gasteiger partial charge on any atom is 0.321 e. The summed E-state index contributed by atoms with van der Waals surface area (Å²) in [6, 6.07) is 10.1. The molecule has 24 heavy (non-hydrogen) atoms. The van der Waals surface area contributed by atoms with E-state index < -0.39 is 0 Å². The van der Waals surface area contributed by atoms with Crippen LogP contribution in [0.25, 0.3) is 5.69 Å². The van der Waals surface area contributed by atoms with E-state index >= 15 is 0 Å². The van der Waals surface area contributed by atoms with E-state index in [1.165, 1.54) is 0 Å². The normalized spacial score (nSPS) is 25.8. The van der Waals surface area contributed by atoms with Gasteiger partial charge in [0.15, 0.2) is 0 Å². The number of nitrogens with two attached hydrogens (primary N) is 1. The van der Waals surface area contributed by atoms with Gasteiger partial charge in [-0.3, -0.25) is 0 Å². The van der Waals surface area contributed by atoms with Gasteiger partial charge in [-0.15, -0.1) is 0 Å². The second-order valence-electron chi connectivity index (χ2n) is 6.89. The fourth-order valence-corrected chi connectivity index (χ4v) is 4.03. The van der Waals surface area contributed by atoms with Crippen LogP contribution >= 0.6 is 0 Å². The third kappa shape index (κ3) is 2.57. The Bertz CT molecular complexity index is 741. The number of carbonyl (C=O) groups excluding carboxylic acids is 1. The molecule has 3 atom stereocenters. The van der Waals surface area contributed by atoms with Crippen molar-refractivity contribution < 1.29 is 4.79 Å². The van der Waals surface area contributed by atoms with Crippen LogP contribution in [-0.2, 0) is 0 Å². The fourth-order valence-electron chi connectivity index (χ4n) is 4.03. The monoisotopic (exact) mass is 325 g/mol. The minimum Gasteiger partial charge on any atom is -0.327 e. The van der Waals surface area contributed by atoms with Crippen molar-refractivity contribution in [1.29, 1.82) is 0 Å². The highest BCUT2D eigenvalue weighted by Gasteiger charge is 2.42. The van der Waals surface area contributed by atoms with Gasteiger partial charge in [0, 0.05) is 19.1 Å². The van der Waals surface area contributed by atoms with Crippen molar-refractivity contribution in [3.05, 3.63) is 42.2 Å². The van der Waals surface area contributed by atoms with Gasteiger partial charge in [0.1, 0.15) is 0 Å². The molecule has 1 aliphatic carbocycles. The highest BCUT2D eigenvalue weighted by molar-refractivity contribution is 5.90. The molecule has 2 aromatic rings. The topological polar surface area (TPSA) is 76.2 Å². The maximum atomic E-state index is 12.6. The minimum absolute atomic E-state index is 0.0488. The van der Waals surface area contributed by atoms with E-state index in [-0.39, 0.29) is 12.1 Å². The van der Waals surface area contributed by atoms with Gasteiger partial charge < -0.3 is 16.0 Å². The average molecular weight is 325 g/mol. The molecule has 1 aromatic carbocycles. The van der Waals surface area contributed by atoms with E-state index in [0.29, 0.717) is 11.8 Å². The van der Waals surface area contributed by atoms with E-state index in [4.69, 9.17) is 5.73 Å². The molecule has 2 amide bonds. The van der Waals surface area contributed by atoms with Crippen LogP contribution in [0.3, 0.4) is 0 Å². The van der Waals surface area contributed by atoms with Gasteiger partial charge >= 0.3 is 6.03 Å². The molecule has 2 fully saturated rings. The van der Waals surface area contributed by atoms with E-state index in [2.05, 4.69) is 10.4 Å². The number of para-hydroxylation sites is 1. The SMILES string of the molecule is Cc1c(NC(=O)N2CC3CCC(N)C3C2)cnn1-c1ccccc1. The van der Waals surface area contributed by atoms with Gasteiger partial charge in [-0.25, -0.2) is 9.48 Å². The number of hydrogen-bond donors (Lipinski definition) is 2. The summed E-state index contributed by atoms with van der Waals surface area (Å²) in [5.41, 5.74) is 8.82. The zero-order chi connectivity index (χ0) is 16.7. The van der Waals surface area contributed by atoms with Crippen molar-refractivity contribution in [2.75, 3.05) is 18.4 Å². The smallest absolute Gasteiger partial charge is 0.321 e. The summed E-state index contributed by atoms with van der Waals surface area (Å²) in [4.78, 5) is 14.5. The zero-order valence-electron chi connectivity index (χ0n) is 13.9. The molecule has 4 rings (SSSR count). The summed E-state index contributed by atoms with van der Waals surface area (Å²) >= 11 is 0. The molecular weight excluding hydrogens is 302 g/mol. The van der Waals surface area contributed by atoms with Crippen molar-refractivity contribution in [2.24, 2.45) is 17.6 Å². The maximum absolute atomic E-state index is 12.6. The van der Waals surface area contributed by atoms with Crippen LogP contribution in [-0.4, -0.2) is 39.8 Å². The van der Waals surface area contributed by atoms with E-state index in [9.17, 15) is 4.79 Å². The molecule has 3 unspecified atom stereocenters. The molecular formula is C18H23N5O. The number of urea groups is 1. The first-order valence-electron chi connectivity index (χ1n) is 8.55. The van der Waals surface area contributed by atoms with Crippen LogP contribution in [0.2, 0.25) is 0 Å². The van der Waals surface area contributed by atoms with Crippen LogP contribution in [0.5, 0.6) is 0 Å². The predicted octanol–water partition coefficient (Wildman–Crippen LogP) is 2.38. The van der Waals surface area contributed by atoms with Crippen molar-refractivity contribution in [3.63, 3.8) is 0 Å². The summed E-state index contributed by atoms with van der Waals surface area (Å²) in [6.45, 7) is 3.55. The number of fused-ring (bicyclic) bond motifs is 1. The Balaban J connectivity index is 1.46. The lowest BCUT2D eigenvalue weighted by atomic mass is 9.98. The lowest BCUT2D eigenvalue weighted by Crippen LogP contribution is -2.36. The van der Waals surface area contributed by atoms with Crippen LogP contribution in [0.4, 0.5) is 10.5 Å². The van der Waals surface area contributed by atoms with Crippen molar-refractivity contribution in [1.82, 2.24) is 14.7 Å². The summed E-state index contributed by atoms with van der Waals surface area (Å²) in [6.07, 6.45) is 3.94. The summed E-state index contributed by atoms with van der Waals surface area (Å²) in [5.74, 6) is 1.03. The highest BCUT2D eigenvalue weighted by Crippen LogP contribution is 2.37. The average Bonchev–Trinajstić information content (AvgIpc) is 3.26. The van der Waals surface area contributed by atoms with E-state index in [1.807, 2.05) is 46.8 Å². The molecule has 0 bridgehead atoms. The number of hydrogen-bond acceptors (Lipinski definition) is 3. The van der Waals surface area contributed by atoms with Gasteiger partial charge in [0.25, 0.3) is 0 Å². The Morgan fingerprint density at radius 3 is 2.79 bits per heavy atom. The summed E-state index contributed by atoms with van der Waals surface area (Å²) < 4.78 is 1.84. The number of likely N-dealkylation sites (tertiary alicyclic amines) is 1. The lowest BCUT2D eigenvalue weighted by Gasteiger charge is -2.19. The third-order valence-electron chi connectivity index (χ3n) is 5.45. The largest absolute Gasteiger partial charge is 0.327 e. The van der Waals surface area contributed by atoms with Gasteiger partial charge in [-0.1, -0.05) is 18.2 Å². The van der Waals surface area contributed by atoms with Crippen LogP contribution in [0.1, 0.15) is 18.5 Å². The molecule has 0 radical (unpaired) electrons. The fraction of sp³-hybridized carbons (Fsp3) is 0.444. The lowest BCUT2D eigenvalue weighted by molar-refractivity contribution is 0.218. The standard InChI is InChI=1S/C18H23N5O/c1-12-17(9-20-23(12)14-5-3-2-4-6-14)21-18(24)22-10-13-7-8-16(19)15(13)11-22/h2-6,9,13,15-16H,7-8,10-11,19H2,1H3,(H,21,24). The number of amides is 2. The highest BCUT2D eigenvalue weighted by atomic mass is 16.2. The van der Waals surface area contributed by atoms with Crippen molar-refractivity contribution in [2.45, 2.75) is 25.8 Å². The molecule has 126 valence electrons. The number of benzene rings is 1. The molecule has 1 aliphatic heterocycles. The number of nitrogens with zero attached hydrogens (tertiary/aromatic N) is 3. The first kappa shape index (κ1) is 15.2. The number of nitrogens with one attached hydrogen (secondary N) is 1. The quantitative estimate of drug-likeness (QED) is 0.890. The van der Waals surface area contributed by atoms with Crippen LogP contribution in [0.15, 0.2) is 36.5 Å². The Morgan fingerprint density at radius 2 is 2.04 bits per heavy atom. The molecule has 0 spiro atoms. The molecule has 2 heterocycles. The Hall–Kier alpha value is -2.34. The molecule has 6 nitrogen and oxygen atoms in total. The zero-order valence-corrected chi connectivity index (χ0v) is 13.9.